The van der Waals surface area contributed by atoms with Gasteiger partial charge in [0.25, 0.3) is 5.91 Å². The van der Waals surface area contributed by atoms with E-state index in [-0.39, 0.29) is 42.7 Å². The summed E-state index contributed by atoms with van der Waals surface area (Å²) < 4.78 is 39.6. The molecule has 268 valence electrons. The van der Waals surface area contributed by atoms with Crippen LogP contribution in [0.5, 0.6) is 0 Å². The van der Waals surface area contributed by atoms with Crippen molar-refractivity contribution < 1.29 is 32.7 Å². The lowest BCUT2D eigenvalue weighted by atomic mass is 9.88. The fraction of sp³-hybridized carbons (Fsp3) is 0.395. The molecule has 2 N–H and O–H groups in total. The van der Waals surface area contributed by atoms with Crippen molar-refractivity contribution in [3.05, 3.63) is 99.5 Å². The molecule has 2 aliphatic rings. The fourth-order valence-electron chi connectivity index (χ4n) is 6.43. The molecule has 0 aliphatic carbocycles. The highest BCUT2D eigenvalue weighted by molar-refractivity contribution is 7.14. The van der Waals surface area contributed by atoms with E-state index in [4.69, 9.17) is 0 Å². The van der Waals surface area contributed by atoms with Crippen LogP contribution in [0.1, 0.15) is 70.8 Å². The summed E-state index contributed by atoms with van der Waals surface area (Å²) in [6.07, 6.45) is 0.790. The van der Waals surface area contributed by atoms with E-state index in [0.29, 0.717) is 29.4 Å². The number of rotatable bonds is 9. The molecule has 2 fully saturated rings. The Morgan fingerprint density at radius 3 is 2.22 bits per heavy atom. The number of piperidine rings is 1. The minimum Gasteiger partial charge on any atom is -0.481 e. The van der Waals surface area contributed by atoms with Gasteiger partial charge in [0.2, 0.25) is 5.91 Å². The molecular formula is C38H40F3N5O4S. The van der Waals surface area contributed by atoms with E-state index in [1.165, 1.54) is 28.4 Å². The van der Waals surface area contributed by atoms with Gasteiger partial charge in [-0.05, 0) is 53.5 Å². The lowest BCUT2D eigenvalue weighted by Crippen LogP contribution is -2.59. The van der Waals surface area contributed by atoms with Crippen LogP contribution in [0.4, 0.5) is 18.9 Å². The summed E-state index contributed by atoms with van der Waals surface area (Å²) in [5, 5.41) is 12.2. The minimum atomic E-state index is -4.36. The van der Waals surface area contributed by atoms with Crippen molar-refractivity contribution >= 4 is 34.8 Å². The molecule has 2 aromatic heterocycles. The first-order chi connectivity index (χ1) is 24.2. The number of aliphatic carboxylic acids is 1. The van der Waals surface area contributed by atoms with Crippen LogP contribution in [-0.4, -0.2) is 70.0 Å². The second-order valence-corrected chi connectivity index (χ2v) is 15.4. The first-order valence-electron chi connectivity index (χ1n) is 16.9. The van der Waals surface area contributed by atoms with E-state index in [1.807, 2.05) is 30.3 Å². The van der Waals surface area contributed by atoms with Crippen LogP contribution in [0.25, 0.3) is 11.4 Å². The van der Waals surface area contributed by atoms with Gasteiger partial charge in [0, 0.05) is 43.0 Å². The van der Waals surface area contributed by atoms with Gasteiger partial charge in [0.15, 0.2) is 5.82 Å². The van der Waals surface area contributed by atoms with Gasteiger partial charge in [0.1, 0.15) is 6.04 Å². The van der Waals surface area contributed by atoms with Gasteiger partial charge in [-0.2, -0.15) is 13.2 Å². The van der Waals surface area contributed by atoms with Gasteiger partial charge in [-0.1, -0.05) is 63.2 Å². The number of carboxylic acids is 1. The summed E-state index contributed by atoms with van der Waals surface area (Å²) in [7, 11) is 0. The normalized spacial score (nSPS) is 16.4. The Morgan fingerprint density at radius 1 is 0.961 bits per heavy atom. The zero-order valence-electron chi connectivity index (χ0n) is 28.6. The van der Waals surface area contributed by atoms with Crippen LogP contribution in [0.15, 0.2) is 73.1 Å². The van der Waals surface area contributed by atoms with Crippen LogP contribution >= 0.6 is 11.3 Å². The lowest BCUT2D eigenvalue weighted by molar-refractivity contribution is -0.153. The molecule has 13 heteroatoms. The molecule has 0 bridgehead atoms. The Kier molecular flexibility index (Phi) is 10.2. The topological polar surface area (TPSA) is 116 Å². The summed E-state index contributed by atoms with van der Waals surface area (Å²) in [6, 6.07) is 15.8. The number of halogens is 3. The molecule has 4 aromatic rings. The number of hydrogen-bond acceptors (Lipinski definition) is 7. The molecule has 1 atom stereocenters. The number of hydrogen-bond donors (Lipinski definition) is 2. The molecule has 6 rings (SSSR count). The second kappa shape index (κ2) is 14.5. The number of carboxylic acid groups (broad SMARTS) is 1. The van der Waals surface area contributed by atoms with E-state index in [0.717, 1.165) is 40.6 Å². The van der Waals surface area contributed by atoms with Crippen molar-refractivity contribution in [2.75, 3.05) is 31.1 Å². The van der Waals surface area contributed by atoms with Crippen molar-refractivity contribution in [2.24, 2.45) is 5.92 Å². The Bertz CT molecular complexity index is 1870. The van der Waals surface area contributed by atoms with E-state index in [9.17, 15) is 32.7 Å². The summed E-state index contributed by atoms with van der Waals surface area (Å²) in [5.74, 6) is -1.67. The third kappa shape index (κ3) is 8.41. The smallest absolute Gasteiger partial charge is 0.416 e. The maximum atomic E-state index is 13.5. The second-order valence-electron chi connectivity index (χ2n) is 14.3. The van der Waals surface area contributed by atoms with Crippen LogP contribution in [0.2, 0.25) is 0 Å². The summed E-state index contributed by atoms with van der Waals surface area (Å²) >= 11 is 1.38. The van der Waals surface area contributed by atoms with E-state index in [2.05, 4.69) is 41.0 Å². The Morgan fingerprint density at radius 2 is 1.63 bits per heavy atom. The molecule has 2 amide bonds. The lowest BCUT2D eigenvalue weighted by Gasteiger charge is -2.38. The van der Waals surface area contributed by atoms with Crippen molar-refractivity contribution in [2.45, 2.75) is 63.6 Å². The van der Waals surface area contributed by atoms with Gasteiger partial charge in [-0.15, -0.1) is 11.3 Å². The highest BCUT2D eigenvalue weighted by Crippen LogP contribution is 2.35. The third-order valence-electron chi connectivity index (χ3n) is 9.55. The molecule has 2 aromatic carbocycles. The molecule has 4 heterocycles. The number of amides is 2. The highest BCUT2D eigenvalue weighted by Gasteiger charge is 2.39. The number of benzene rings is 2. The van der Waals surface area contributed by atoms with Gasteiger partial charge in [-0.25, -0.2) is 9.97 Å². The Hall–Kier alpha value is -4.78. The summed E-state index contributed by atoms with van der Waals surface area (Å²) in [6.45, 7) is 7.76. The summed E-state index contributed by atoms with van der Waals surface area (Å²) in [4.78, 5) is 52.4. The first-order valence-corrected chi connectivity index (χ1v) is 17.7. The van der Waals surface area contributed by atoms with Crippen LogP contribution in [0, 0.1) is 5.92 Å². The molecule has 0 radical (unpaired) electrons. The number of carbonyl (C=O) groups is 3. The number of anilines is 1. The highest BCUT2D eigenvalue weighted by atomic mass is 32.1. The van der Waals surface area contributed by atoms with E-state index >= 15 is 0 Å². The van der Waals surface area contributed by atoms with Crippen molar-refractivity contribution in [3.63, 3.8) is 0 Å². The number of likely N-dealkylation sites (tertiary alicyclic amines) is 1. The molecule has 0 unspecified atom stereocenters. The molecule has 51 heavy (non-hydrogen) atoms. The average Bonchev–Trinajstić information content (AvgIpc) is 3.59. The molecule has 2 aliphatic heterocycles. The molecular weight excluding hydrogens is 680 g/mol. The number of nitrogens with one attached hydrogen (secondary N) is 1. The minimum absolute atomic E-state index is 0.0510. The van der Waals surface area contributed by atoms with Crippen molar-refractivity contribution in [3.8, 4) is 11.4 Å². The fourth-order valence-corrected chi connectivity index (χ4v) is 7.39. The monoisotopic (exact) mass is 719 g/mol. The van der Waals surface area contributed by atoms with Gasteiger partial charge in [0.05, 0.1) is 34.4 Å². The van der Waals surface area contributed by atoms with Crippen molar-refractivity contribution in [1.82, 2.24) is 20.2 Å². The molecule has 2 saturated heterocycles. The van der Waals surface area contributed by atoms with Crippen LogP contribution < -0.4 is 10.2 Å². The summed E-state index contributed by atoms with van der Waals surface area (Å²) in [5.41, 5.74) is 2.37. The van der Waals surface area contributed by atoms with Crippen LogP contribution in [0.3, 0.4) is 0 Å². The largest absolute Gasteiger partial charge is 0.481 e. The standard InChI is InChI=1S/C38H40F3N5O4S/c1-37(2,3)32-12-11-31(51-32)34(47)44-30(35(48)46-21-27(22-46)36(49)50)17-23-7-9-25(10-8-23)33-42-19-29(20-43-33)45-15-13-24(14-16-45)26-5-4-6-28(18-26)38(39,40)41/h4-12,18-20,24,27,30H,13-17,21-22H2,1-3H3,(H,44,47)(H,49,50)/t30-/m0/s1. The van der Waals surface area contributed by atoms with E-state index < -0.39 is 29.7 Å². The first kappa shape index (κ1) is 36.0. The SMILES string of the molecule is CC(C)(C)c1ccc(C(=O)N[C@@H](Cc2ccc(-c3ncc(N4CCC(c5cccc(C(F)(F)F)c5)CC4)cn3)cc2)C(=O)N2CC(C(=O)O)C2)s1. The number of aromatic nitrogens is 2. The predicted molar refractivity (Wildman–Crippen MR) is 189 cm³/mol. The maximum Gasteiger partial charge on any atom is 0.416 e. The van der Waals surface area contributed by atoms with E-state index in [1.54, 1.807) is 24.5 Å². The van der Waals surface area contributed by atoms with Crippen molar-refractivity contribution in [1.29, 1.82) is 0 Å². The number of thiophene rings is 1. The molecule has 0 spiro atoms. The third-order valence-corrected chi connectivity index (χ3v) is 11.1. The zero-order chi connectivity index (χ0) is 36.5. The predicted octanol–water partition coefficient (Wildman–Crippen LogP) is 6.79. The Balaban J connectivity index is 1.09. The van der Waals surface area contributed by atoms with Crippen LogP contribution in [-0.2, 0) is 27.6 Å². The van der Waals surface area contributed by atoms with Gasteiger partial charge >= 0.3 is 12.1 Å². The number of alkyl halides is 3. The Labute approximate surface area is 298 Å². The number of carbonyl (C=O) groups excluding carboxylic acids is 2. The average molecular weight is 720 g/mol. The molecule has 9 nitrogen and oxygen atoms in total. The molecule has 0 saturated carbocycles. The van der Waals surface area contributed by atoms with Gasteiger partial charge < -0.3 is 20.2 Å². The van der Waals surface area contributed by atoms with Gasteiger partial charge in [-0.3, -0.25) is 14.4 Å². The quantitative estimate of drug-likeness (QED) is 0.196. The number of nitrogens with zero attached hydrogens (tertiary/aromatic N) is 4. The zero-order valence-corrected chi connectivity index (χ0v) is 29.4. The maximum absolute atomic E-state index is 13.5.